The Morgan fingerprint density at radius 2 is 1.77 bits per heavy atom. The van der Waals surface area contributed by atoms with Gasteiger partial charge in [0, 0.05) is 26.7 Å². The van der Waals surface area contributed by atoms with E-state index in [0.717, 1.165) is 33.0 Å². The van der Waals surface area contributed by atoms with Gasteiger partial charge in [-0.05, 0) is 59.1 Å². The van der Waals surface area contributed by atoms with Gasteiger partial charge in [-0.2, -0.15) is 0 Å². The first-order valence-corrected chi connectivity index (χ1v) is 13.7. The van der Waals surface area contributed by atoms with Gasteiger partial charge in [0.25, 0.3) is 11.1 Å². The molecule has 202 valence electrons. The number of halogens is 2. The van der Waals surface area contributed by atoms with Crippen LogP contribution in [0.2, 0.25) is 10.0 Å². The van der Waals surface area contributed by atoms with Crippen molar-refractivity contribution in [3.05, 3.63) is 105 Å². The zero-order valence-corrected chi connectivity index (χ0v) is 23.5. The summed E-state index contributed by atoms with van der Waals surface area (Å²) in [5, 5.41) is 5.15. The van der Waals surface area contributed by atoms with Crippen LogP contribution in [0.3, 0.4) is 0 Å². The number of nitrogens with one attached hydrogen (secondary N) is 1. The largest absolute Gasteiger partial charge is 0.493 e. The van der Waals surface area contributed by atoms with E-state index in [-0.39, 0.29) is 11.5 Å². The maximum atomic E-state index is 13.0. The third-order valence-electron chi connectivity index (χ3n) is 6.12. The normalized spacial score (nSPS) is 14.2. The van der Waals surface area contributed by atoms with Gasteiger partial charge in [0.1, 0.15) is 13.2 Å². The Hall–Kier alpha value is -3.98. The third-order valence-corrected chi connectivity index (χ3v) is 7.62. The molecule has 1 heterocycles. The van der Waals surface area contributed by atoms with Crippen LogP contribution in [0, 0.1) is 0 Å². The Labute approximate surface area is 244 Å². The van der Waals surface area contributed by atoms with Crippen LogP contribution >= 0.6 is 35.0 Å². The van der Waals surface area contributed by atoms with E-state index in [4.69, 9.17) is 32.7 Å². The lowest BCUT2D eigenvalue weighted by atomic mass is 10.1. The molecule has 3 amide bonds. The topological polar surface area (TPSA) is 84.9 Å². The number of fused-ring (bicyclic) bond motifs is 1. The fourth-order valence-electron chi connectivity index (χ4n) is 4.14. The highest BCUT2D eigenvalue weighted by atomic mass is 35.5. The average molecular weight is 593 g/mol. The van der Waals surface area contributed by atoms with Crippen molar-refractivity contribution in [2.75, 3.05) is 19.0 Å². The molecule has 10 heteroatoms. The number of rotatable bonds is 8. The summed E-state index contributed by atoms with van der Waals surface area (Å²) in [6.45, 7) is -0.194. The van der Waals surface area contributed by atoms with Crippen LogP contribution in [0.15, 0.2) is 83.8 Å². The molecule has 5 rings (SSSR count). The zero-order valence-electron chi connectivity index (χ0n) is 21.1. The Morgan fingerprint density at radius 3 is 2.58 bits per heavy atom. The summed E-state index contributed by atoms with van der Waals surface area (Å²) in [6.07, 6.45) is 1.58. The molecule has 0 bridgehead atoms. The van der Waals surface area contributed by atoms with Crippen molar-refractivity contribution in [2.45, 2.75) is 6.61 Å². The third kappa shape index (κ3) is 6.09. The molecule has 1 saturated heterocycles. The first-order valence-electron chi connectivity index (χ1n) is 12.1. The lowest BCUT2D eigenvalue weighted by Gasteiger charge is -2.14. The molecule has 40 heavy (non-hydrogen) atoms. The van der Waals surface area contributed by atoms with E-state index in [1.54, 1.807) is 48.5 Å². The van der Waals surface area contributed by atoms with Crippen molar-refractivity contribution >= 4 is 74.6 Å². The number of nitrogens with zero attached hydrogens (tertiary/aromatic N) is 1. The zero-order chi connectivity index (χ0) is 28.2. The van der Waals surface area contributed by atoms with E-state index >= 15 is 0 Å². The Morgan fingerprint density at radius 1 is 0.975 bits per heavy atom. The molecule has 0 unspecified atom stereocenters. The molecule has 0 aliphatic carbocycles. The van der Waals surface area contributed by atoms with E-state index in [0.29, 0.717) is 32.8 Å². The smallest absolute Gasteiger partial charge is 0.294 e. The van der Waals surface area contributed by atoms with Crippen LogP contribution in [0.25, 0.3) is 16.8 Å². The van der Waals surface area contributed by atoms with E-state index in [1.807, 2.05) is 36.4 Å². The quantitative estimate of drug-likeness (QED) is 0.214. The minimum absolute atomic E-state index is 0.200. The standard InChI is InChI=1S/C30H22Cl2N2O5S/c1-38-26-13-18(9-12-25(26)39-17-20-10-11-21(31)15-23(20)32)14-27-29(36)34(30(37)40-27)16-28(35)33-24-8-4-6-19-5-2-3-7-22(19)24/h2-15H,16-17H2,1H3,(H,33,35)/b27-14+. The summed E-state index contributed by atoms with van der Waals surface area (Å²) in [6, 6.07) is 23.5. The number of amides is 3. The van der Waals surface area contributed by atoms with Crippen molar-refractivity contribution in [3.63, 3.8) is 0 Å². The Balaban J connectivity index is 1.26. The number of hydrogen-bond donors (Lipinski definition) is 1. The molecule has 0 spiro atoms. The van der Waals surface area contributed by atoms with Crippen LogP contribution in [-0.4, -0.2) is 35.6 Å². The molecule has 0 saturated carbocycles. The van der Waals surface area contributed by atoms with Gasteiger partial charge < -0.3 is 14.8 Å². The predicted octanol–water partition coefficient (Wildman–Crippen LogP) is 7.41. The first kappa shape index (κ1) is 27.6. The average Bonchev–Trinajstić information content (AvgIpc) is 3.20. The highest BCUT2D eigenvalue weighted by Gasteiger charge is 2.36. The number of benzene rings is 4. The van der Waals surface area contributed by atoms with E-state index in [2.05, 4.69) is 5.32 Å². The van der Waals surface area contributed by atoms with Gasteiger partial charge in [0.15, 0.2) is 11.5 Å². The van der Waals surface area contributed by atoms with E-state index in [9.17, 15) is 14.4 Å². The summed E-state index contributed by atoms with van der Waals surface area (Å²) in [5.41, 5.74) is 1.99. The maximum Gasteiger partial charge on any atom is 0.294 e. The van der Waals surface area contributed by atoms with Crippen molar-refractivity contribution in [2.24, 2.45) is 0 Å². The number of hydrogen-bond acceptors (Lipinski definition) is 6. The van der Waals surface area contributed by atoms with Crippen LogP contribution in [0.5, 0.6) is 11.5 Å². The highest BCUT2D eigenvalue weighted by molar-refractivity contribution is 8.18. The Kier molecular flexibility index (Phi) is 8.30. The SMILES string of the molecule is COc1cc(/C=C2/SC(=O)N(CC(=O)Nc3cccc4ccccc34)C2=O)ccc1OCc1ccc(Cl)cc1Cl. The van der Waals surface area contributed by atoms with Gasteiger partial charge in [0.05, 0.1) is 12.0 Å². The van der Waals surface area contributed by atoms with Crippen molar-refractivity contribution in [1.29, 1.82) is 0 Å². The molecule has 4 aromatic rings. The monoisotopic (exact) mass is 592 g/mol. The van der Waals surface area contributed by atoms with Gasteiger partial charge in [0.2, 0.25) is 5.91 Å². The summed E-state index contributed by atoms with van der Waals surface area (Å²) in [7, 11) is 1.50. The molecular weight excluding hydrogens is 571 g/mol. The molecule has 0 radical (unpaired) electrons. The second kappa shape index (κ2) is 12.0. The highest BCUT2D eigenvalue weighted by Crippen LogP contribution is 2.35. The van der Waals surface area contributed by atoms with Gasteiger partial charge in [-0.25, -0.2) is 0 Å². The van der Waals surface area contributed by atoms with E-state index in [1.165, 1.54) is 7.11 Å². The van der Waals surface area contributed by atoms with Crippen molar-refractivity contribution < 1.29 is 23.9 Å². The number of ether oxygens (including phenoxy) is 2. The van der Waals surface area contributed by atoms with Gasteiger partial charge in [-0.15, -0.1) is 0 Å². The number of imide groups is 1. The summed E-state index contributed by atoms with van der Waals surface area (Å²) in [5.74, 6) is -0.0972. The lowest BCUT2D eigenvalue weighted by Crippen LogP contribution is -2.36. The van der Waals surface area contributed by atoms with Crippen LogP contribution < -0.4 is 14.8 Å². The molecule has 0 aromatic heterocycles. The summed E-state index contributed by atoms with van der Waals surface area (Å²) >= 11 is 13.0. The maximum absolute atomic E-state index is 13.0. The molecule has 1 N–H and O–H groups in total. The fourth-order valence-corrected chi connectivity index (χ4v) is 5.44. The van der Waals surface area contributed by atoms with Crippen molar-refractivity contribution in [1.82, 2.24) is 4.90 Å². The predicted molar refractivity (Wildman–Crippen MR) is 159 cm³/mol. The molecule has 4 aromatic carbocycles. The summed E-state index contributed by atoms with van der Waals surface area (Å²) in [4.78, 5) is 39.5. The second-order valence-electron chi connectivity index (χ2n) is 8.78. The number of carbonyl (C=O) groups excluding carboxylic acids is 3. The van der Waals surface area contributed by atoms with Crippen LogP contribution in [0.1, 0.15) is 11.1 Å². The number of methoxy groups -OCH3 is 1. The molecule has 1 aliphatic heterocycles. The molecule has 7 nitrogen and oxygen atoms in total. The molecule has 0 atom stereocenters. The van der Waals surface area contributed by atoms with Gasteiger partial charge >= 0.3 is 0 Å². The first-order chi connectivity index (χ1) is 19.3. The van der Waals surface area contributed by atoms with Crippen molar-refractivity contribution in [3.8, 4) is 11.5 Å². The van der Waals surface area contributed by atoms with E-state index < -0.39 is 23.6 Å². The molecule has 1 aliphatic rings. The molecule has 1 fully saturated rings. The number of anilines is 1. The van der Waals surface area contributed by atoms with Gasteiger partial charge in [-0.3, -0.25) is 19.3 Å². The lowest BCUT2D eigenvalue weighted by molar-refractivity contribution is -0.127. The van der Waals surface area contributed by atoms with Gasteiger partial charge in [-0.1, -0.05) is 71.7 Å². The second-order valence-corrected chi connectivity index (χ2v) is 10.6. The van der Waals surface area contributed by atoms with Crippen LogP contribution in [-0.2, 0) is 16.2 Å². The number of thioether (sulfide) groups is 1. The fraction of sp³-hybridized carbons (Fsp3) is 0.100. The van der Waals surface area contributed by atoms with Crippen LogP contribution in [0.4, 0.5) is 10.5 Å². The number of carbonyl (C=O) groups is 3. The minimum atomic E-state index is -0.542. The summed E-state index contributed by atoms with van der Waals surface area (Å²) < 4.78 is 11.3. The molecular formula is C30H22Cl2N2O5S. The Bertz CT molecular complexity index is 1670. The minimum Gasteiger partial charge on any atom is -0.493 e.